The van der Waals surface area contributed by atoms with E-state index in [4.69, 9.17) is 4.42 Å². The molecule has 1 atom stereocenters. The van der Waals surface area contributed by atoms with E-state index in [0.717, 1.165) is 42.1 Å². The van der Waals surface area contributed by atoms with Crippen LogP contribution in [-0.4, -0.2) is 21.9 Å². The van der Waals surface area contributed by atoms with Crippen LogP contribution in [0.15, 0.2) is 59.2 Å². The summed E-state index contributed by atoms with van der Waals surface area (Å²) in [5, 5.41) is 0. The molecule has 0 spiro atoms. The Balaban J connectivity index is 1.62. The van der Waals surface area contributed by atoms with Gasteiger partial charge < -0.3 is 13.9 Å². The van der Waals surface area contributed by atoms with Gasteiger partial charge in [0, 0.05) is 17.9 Å². The highest BCUT2D eigenvalue weighted by molar-refractivity contribution is 5.96. The highest BCUT2D eigenvalue weighted by Gasteiger charge is 2.32. The molecule has 1 aromatic carbocycles. The third kappa shape index (κ3) is 2.96. The summed E-state index contributed by atoms with van der Waals surface area (Å²) in [7, 11) is 0. The Bertz CT molecular complexity index is 894. The largest absolute Gasteiger partial charge is 0.467 e. The van der Waals surface area contributed by atoms with E-state index in [1.807, 2.05) is 55.1 Å². The zero-order valence-corrected chi connectivity index (χ0v) is 15.3. The average molecular weight is 348 g/mol. The maximum atomic E-state index is 13.3. The molecule has 0 saturated carbocycles. The predicted octanol–water partition coefficient (Wildman–Crippen LogP) is 4.72. The van der Waals surface area contributed by atoms with E-state index in [1.165, 1.54) is 5.56 Å². The van der Waals surface area contributed by atoms with Gasteiger partial charge in [0.05, 0.1) is 24.4 Å². The van der Waals surface area contributed by atoms with Crippen LogP contribution in [-0.2, 0) is 6.54 Å². The lowest BCUT2D eigenvalue weighted by molar-refractivity contribution is 0.0734. The van der Waals surface area contributed by atoms with Crippen molar-refractivity contribution in [3.8, 4) is 0 Å². The number of furan rings is 1. The number of hydrogen-bond donors (Lipinski definition) is 0. The van der Waals surface area contributed by atoms with Crippen molar-refractivity contribution in [3.05, 3.63) is 83.1 Å². The molecule has 1 fully saturated rings. The number of nitrogens with zero attached hydrogens (tertiary/aromatic N) is 2. The molecule has 2 aromatic heterocycles. The molecule has 3 heterocycles. The molecule has 1 amide bonds. The monoisotopic (exact) mass is 348 g/mol. The van der Waals surface area contributed by atoms with E-state index in [2.05, 4.69) is 16.7 Å². The molecule has 3 aromatic rings. The molecule has 0 radical (unpaired) electrons. The van der Waals surface area contributed by atoms with Gasteiger partial charge in [-0.1, -0.05) is 30.3 Å². The molecule has 0 N–H and O–H groups in total. The highest BCUT2D eigenvalue weighted by atomic mass is 16.3. The first-order valence-corrected chi connectivity index (χ1v) is 9.20. The second kappa shape index (κ2) is 6.87. The van der Waals surface area contributed by atoms with Gasteiger partial charge in [0.15, 0.2) is 0 Å². The van der Waals surface area contributed by atoms with Gasteiger partial charge in [-0.2, -0.15) is 0 Å². The normalized spacial score (nSPS) is 17.0. The zero-order valence-electron chi connectivity index (χ0n) is 15.3. The van der Waals surface area contributed by atoms with Crippen molar-refractivity contribution in [2.45, 2.75) is 39.3 Å². The molecular formula is C22H24N2O2. The molecule has 4 rings (SSSR count). The molecule has 1 saturated heterocycles. The summed E-state index contributed by atoms with van der Waals surface area (Å²) >= 11 is 0. The minimum atomic E-state index is 0.134. The fourth-order valence-corrected chi connectivity index (χ4v) is 4.01. The number of carbonyl (C=O) groups excluding carboxylic acids is 1. The van der Waals surface area contributed by atoms with E-state index >= 15 is 0 Å². The first-order chi connectivity index (χ1) is 12.6. The Morgan fingerprint density at radius 1 is 1.15 bits per heavy atom. The maximum absolute atomic E-state index is 13.3. The Labute approximate surface area is 154 Å². The van der Waals surface area contributed by atoms with Crippen molar-refractivity contribution in [1.82, 2.24) is 9.47 Å². The number of hydrogen-bond acceptors (Lipinski definition) is 2. The lowest BCUT2D eigenvalue weighted by atomic mass is 10.0. The number of benzene rings is 1. The van der Waals surface area contributed by atoms with Crippen molar-refractivity contribution < 1.29 is 9.21 Å². The Morgan fingerprint density at radius 2 is 1.96 bits per heavy atom. The zero-order chi connectivity index (χ0) is 18.1. The molecular weight excluding hydrogens is 324 g/mol. The molecule has 0 unspecified atom stereocenters. The number of aromatic nitrogens is 1. The Kier molecular flexibility index (Phi) is 4.41. The van der Waals surface area contributed by atoms with Crippen molar-refractivity contribution >= 4 is 5.91 Å². The van der Waals surface area contributed by atoms with Crippen LogP contribution in [0.5, 0.6) is 0 Å². The topological polar surface area (TPSA) is 38.4 Å². The Morgan fingerprint density at radius 3 is 2.69 bits per heavy atom. The quantitative estimate of drug-likeness (QED) is 0.684. The van der Waals surface area contributed by atoms with Crippen molar-refractivity contribution in [2.75, 3.05) is 6.54 Å². The minimum Gasteiger partial charge on any atom is -0.467 e. The van der Waals surface area contributed by atoms with Crippen LogP contribution in [0.3, 0.4) is 0 Å². The summed E-state index contributed by atoms with van der Waals surface area (Å²) in [5.41, 5.74) is 4.11. The van der Waals surface area contributed by atoms with Crippen LogP contribution in [0, 0.1) is 13.8 Å². The van der Waals surface area contributed by atoms with Crippen LogP contribution in [0.2, 0.25) is 0 Å². The molecule has 4 heteroatoms. The molecule has 1 aliphatic rings. The molecule has 0 bridgehead atoms. The smallest absolute Gasteiger partial charge is 0.256 e. The number of likely N-dealkylation sites (tertiary alicyclic amines) is 1. The first-order valence-electron chi connectivity index (χ1n) is 9.20. The van der Waals surface area contributed by atoms with E-state index in [0.29, 0.717) is 6.54 Å². The summed E-state index contributed by atoms with van der Waals surface area (Å²) in [6, 6.07) is 16.4. The third-order valence-corrected chi connectivity index (χ3v) is 5.40. The molecule has 1 aliphatic heterocycles. The summed E-state index contributed by atoms with van der Waals surface area (Å²) in [5.74, 6) is 1.03. The fraction of sp³-hybridized carbons (Fsp3) is 0.318. The van der Waals surface area contributed by atoms with Gasteiger partial charge in [0.1, 0.15) is 5.76 Å². The van der Waals surface area contributed by atoms with Gasteiger partial charge in [-0.15, -0.1) is 0 Å². The predicted molar refractivity (Wildman–Crippen MR) is 101 cm³/mol. The van der Waals surface area contributed by atoms with E-state index in [9.17, 15) is 4.79 Å². The summed E-state index contributed by atoms with van der Waals surface area (Å²) in [4.78, 5) is 15.3. The van der Waals surface area contributed by atoms with Crippen LogP contribution in [0.25, 0.3) is 0 Å². The number of amides is 1. The van der Waals surface area contributed by atoms with E-state index in [1.54, 1.807) is 6.26 Å². The van der Waals surface area contributed by atoms with Crippen molar-refractivity contribution in [1.29, 1.82) is 0 Å². The standard InChI is InChI=1S/C22H24N2O2/c1-16-14-20(17(2)24(16)15-19-10-7-13-26-19)22(25)23-12-6-11-21(23)18-8-4-3-5-9-18/h3-5,7-10,13-14,21H,6,11-12,15H2,1-2H3/t21-/m0/s1. The molecule has 134 valence electrons. The average Bonchev–Trinajstić information content (AvgIpc) is 3.39. The number of aryl methyl sites for hydroxylation is 1. The molecule has 0 aliphatic carbocycles. The van der Waals surface area contributed by atoms with Gasteiger partial charge >= 0.3 is 0 Å². The SMILES string of the molecule is Cc1cc(C(=O)N2CCC[C@H]2c2ccccc2)c(C)n1Cc1ccco1. The van der Waals surface area contributed by atoms with Crippen LogP contribution >= 0.6 is 0 Å². The van der Waals surface area contributed by atoms with E-state index < -0.39 is 0 Å². The first kappa shape index (κ1) is 16.7. The second-order valence-corrected chi connectivity index (χ2v) is 7.02. The number of rotatable bonds is 4. The third-order valence-electron chi connectivity index (χ3n) is 5.40. The summed E-state index contributed by atoms with van der Waals surface area (Å²) in [6.45, 7) is 5.54. The van der Waals surface area contributed by atoms with Crippen LogP contribution in [0.4, 0.5) is 0 Å². The number of carbonyl (C=O) groups is 1. The lowest BCUT2D eigenvalue weighted by Gasteiger charge is -2.25. The Hall–Kier alpha value is -2.75. The fourth-order valence-electron chi connectivity index (χ4n) is 4.01. The molecule has 4 nitrogen and oxygen atoms in total. The minimum absolute atomic E-state index is 0.134. The van der Waals surface area contributed by atoms with E-state index in [-0.39, 0.29) is 11.9 Å². The van der Waals surface area contributed by atoms with Gasteiger partial charge in [-0.05, 0) is 50.5 Å². The van der Waals surface area contributed by atoms with Gasteiger partial charge in [-0.3, -0.25) is 4.79 Å². The maximum Gasteiger partial charge on any atom is 0.256 e. The summed E-state index contributed by atoms with van der Waals surface area (Å²) in [6.07, 6.45) is 3.77. The van der Waals surface area contributed by atoms with Gasteiger partial charge in [0.25, 0.3) is 5.91 Å². The highest BCUT2D eigenvalue weighted by Crippen LogP contribution is 2.34. The van der Waals surface area contributed by atoms with Crippen LogP contribution < -0.4 is 0 Å². The summed E-state index contributed by atoms with van der Waals surface area (Å²) < 4.78 is 7.63. The van der Waals surface area contributed by atoms with Gasteiger partial charge in [-0.25, -0.2) is 0 Å². The van der Waals surface area contributed by atoms with Gasteiger partial charge in [0.2, 0.25) is 0 Å². The molecule has 26 heavy (non-hydrogen) atoms. The second-order valence-electron chi connectivity index (χ2n) is 7.02. The van der Waals surface area contributed by atoms with Crippen LogP contribution in [0.1, 0.15) is 52.0 Å². The van der Waals surface area contributed by atoms with Crippen molar-refractivity contribution in [3.63, 3.8) is 0 Å². The lowest BCUT2D eigenvalue weighted by Crippen LogP contribution is -2.30. The van der Waals surface area contributed by atoms with Crippen molar-refractivity contribution in [2.24, 2.45) is 0 Å².